The van der Waals surface area contributed by atoms with E-state index in [1.54, 1.807) is 0 Å². The van der Waals surface area contributed by atoms with Crippen molar-refractivity contribution in [3.8, 4) is 5.75 Å². The van der Waals surface area contributed by atoms with E-state index < -0.39 is 0 Å². The van der Waals surface area contributed by atoms with Gasteiger partial charge >= 0.3 is 0 Å². The number of hydrogen-bond donors (Lipinski definition) is 0. The summed E-state index contributed by atoms with van der Waals surface area (Å²) in [5, 5.41) is 0. The molecule has 0 heterocycles. The van der Waals surface area contributed by atoms with E-state index in [0.717, 1.165) is 5.56 Å². The van der Waals surface area contributed by atoms with Crippen molar-refractivity contribution in [2.75, 3.05) is 0 Å². The van der Waals surface area contributed by atoms with Gasteiger partial charge in [-0.1, -0.05) is 103 Å². The molecule has 3 nitrogen and oxygen atoms in total. The minimum Gasteiger partial charge on any atom is -0.489 e. The molecule has 34 heavy (non-hydrogen) atoms. The van der Waals surface area contributed by atoms with Gasteiger partial charge in [0.25, 0.3) is 0 Å². The molecule has 0 aliphatic rings. The number of carbonyl (C=O) groups excluding carboxylic acids is 1. The van der Waals surface area contributed by atoms with Gasteiger partial charge in [0.1, 0.15) is 12.4 Å². The van der Waals surface area contributed by atoms with Crippen LogP contribution in [0.4, 0.5) is 0 Å². The van der Waals surface area contributed by atoms with Gasteiger partial charge in [-0.15, -0.1) is 12.4 Å². The number of rotatable bonds is 10. The van der Waals surface area contributed by atoms with Crippen molar-refractivity contribution in [1.29, 1.82) is 0 Å². The van der Waals surface area contributed by atoms with Gasteiger partial charge in [0.05, 0.1) is 6.04 Å². The van der Waals surface area contributed by atoms with Crippen LogP contribution in [-0.2, 0) is 19.7 Å². The van der Waals surface area contributed by atoms with E-state index in [9.17, 15) is 4.79 Å². The van der Waals surface area contributed by atoms with Crippen molar-refractivity contribution < 1.29 is 9.53 Å². The number of halogens is 1. The molecule has 4 aromatic rings. The number of benzene rings is 4. The molecule has 0 aliphatic carbocycles. The average Bonchev–Trinajstić information content (AvgIpc) is 2.88. The van der Waals surface area contributed by atoms with E-state index in [0.29, 0.717) is 31.0 Å². The van der Waals surface area contributed by atoms with E-state index in [4.69, 9.17) is 4.74 Å². The quantitative estimate of drug-likeness (QED) is 0.234. The van der Waals surface area contributed by atoms with Gasteiger partial charge in [0.2, 0.25) is 0 Å². The van der Waals surface area contributed by atoms with Crippen LogP contribution in [0.3, 0.4) is 0 Å². The third kappa shape index (κ3) is 7.05. The van der Waals surface area contributed by atoms with Crippen LogP contribution < -0.4 is 4.74 Å². The molecule has 0 N–H and O–H groups in total. The first-order valence-corrected chi connectivity index (χ1v) is 11.3. The molecule has 0 bridgehead atoms. The van der Waals surface area contributed by atoms with Gasteiger partial charge < -0.3 is 4.74 Å². The molecule has 0 saturated carbocycles. The second-order valence-electron chi connectivity index (χ2n) is 8.22. The monoisotopic (exact) mass is 471 g/mol. The van der Waals surface area contributed by atoms with Crippen molar-refractivity contribution in [2.45, 2.75) is 32.7 Å². The Balaban J connectivity index is 0.00000324. The molecular weight excluding hydrogens is 442 g/mol. The van der Waals surface area contributed by atoms with Crippen molar-refractivity contribution >= 4 is 18.2 Å². The van der Waals surface area contributed by atoms with Crippen LogP contribution in [0.5, 0.6) is 5.75 Å². The van der Waals surface area contributed by atoms with E-state index in [-0.39, 0.29) is 24.2 Å². The molecule has 4 heteroatoms. The number of carbonyl (C=O) groups is 1. The Kier molecular flexibility index (Phi) is 9.45. The Hall–Kier alpha value is -3.40. The van der Waals surface area contributed by atoms with Crippen LogP contribution in [0.15, 0.2) is 115 Å². The molecule has 0 amide bonds. The SMILES string of the molecule is CC(C(=O)c1cccc(OCc2ccccc2)c1)N(Cc1ccccc1)Cc1ccccc1.Cl. The lowest BCUT2D eigenvalue weighted by atomic mass is 10.0. The first-order valence-electron chi connectivity index (χ1n) is 11.3. The van der Waals surface area contributed by atoms with Crippen molar-refractivity contribution in [3.05, 3.63) is 138 Å². The summed E-state index contributed by atoms with van der Waals surface area (Å²) in [5.41, 5.74) is 4.14. The van der Waals surface area contributed by atoms with E-state index in [1.807, 2.05) is 97.9 Å². The van der Waals surface area contributed by atoms with Gasteiger partial charge in [-0.25, -0.2) is 0 Å². The van der Waals surface area contributed by atoms with Crippen LogP contribution >= 0.6 is 12.4 Å². The van der Waals surface area contributed by atoms with Crippen LogP contribution in [0.1, 0.15) is 34.0 Å². The number of ether oxygens (including phenoxy) is 1. The summed E-state index contributed by atoms with van der Waals surface area (Å²) in [7, 11) is 0. The molecule has 0 fully saturated rings. The first kappa shape index (κ1) is 25.2. The fraction of sp³-hybridized carbons (Fsp3) is 0.167. The highest BCUT2D eigenvalue weighted by Gasteiger charge is 2.23. The molecule has 0 radical (unpaired) electrons. The summed E-state index contributed by atoms with van der Waals surface area (Å²) in [6.45, 7) is 3.87. The van der Waals surface area contributed by atoms with Gasteiger partial charge in [-0.05, 0) is 35.7 Å². The Morgan fingerprint density at radius 3 is 1.74 bits per heavy atom. The van der Waals surface area contributed by atoms with Crippen molar-refractivity contribution in [3.63, 3.8) is 0 Å². The third-order valence-electron chi connectivity index (χ3n) is 5.75. The third-order valence-corrected chi connectivity index (χ3v) is 5.75. The van der Waals surface area contributed by atoms with Gasteiger partial charge in [-0.3, -0.25) is 9.69 Å². The van der Waals surface area contributed by atoms with Gasteiger partial charge in [0.15, 0.2) is 5.78 Å². The van der Waals surface area contributed by atoms with Gasteiger partial charge in [0, 0.05) is 18.7 Å². The summed E-state index contributed by atoms with van der Waals surface area (Å²) in [5.74, 6) is 0.793. The molecule has 1 unspecified atom stereocenters. The minimum atomic E-state index is -0.283. The number of nitrogens with zero attached hydrogens (tertiary/aromatic N) is 1. The summed E-state index contributed by atoms with van der Waals surface area (Å²) < 4.78 is 5.95. The Morgan fingerprint density at radius 2 is 1.21 bits per heavy atom. The summed E-state index contributed by atoms with van der Waals surface area (Å²) in [6, 6.07) is 37.9. The molecule has 1 atom stereocenters. The lowest BCUT2D eigenvalue weighted by Gasteiger charge is -2.28. The van der Waals surface area contributed by atoms with E-state index in [1.165, 1.54) is 11.1 Å². The average molecular weight is 472 g/mol. The zero-order chi connectivity index (χ0) is 22.9. The van der Waals surface area contributed by atoms with E-state index >= 15 is 0 Å². The molecule has 174 valence electrons. The Bertz CT molecular complexity index is 1110. The van der Waals surface area contributed by atoms with Crippen LogP contribution in [0, 0.1) is 0 Å². The maximum Gasteiger partial charge on any atom is 0.179 e. The summed E-state index contributed by atoms with van der Waals surface area (Å²) in [4.78, 5) is 15.7. The van der Waals surface area contributed by atoms with Crippen molar-refractivity contribution in [1.82, 2.24) is 4.90 Å². The fourth-order valence-corrected chi connectivity index (χ4v) is 3.85. The lowest BCUT2D eigenvalue weighted by molar-refractivity contribution is 0.0816. The highest BCUT2D eigenvalue weighted by atomic mass is 35.5. The standard InChI is InChI=1S/C30H29NO2.ClH/c1-24(31(21-25-12-5-2-6-13-25)22-26-14-7-3-8-15-26)30(32)28-18-11-19-29(20-28)33-23-27-16-9-4-10-17-27;/h2-20,24H,21-23H2,1H3;1H. The summed E-state index contributed by atoms with van der Waals surface area (Å²) >= 11 is 0. The predicted molar refractivity (Wildman–Crippen MR) is 140 cm³/mol. The largest absolute Gasteiger partial charge is 0.489 e. The normalized spacial score (nSPS) is 11.5. The van der Waals surface area contributed by atoms with Crippen LogP contribution in [0.25, 0.3) is 0 Å². The Labute approximate surface area is 208 Å². The molecule has 0 saturated heterocycles. The maximum atomic E-state index is 13.5. The molecule has 4 rings (SSSR count). The maximum absolute atomic E-state index is 13.5. The smallest absolute Gasteiger partial charge is 0.179 e. The predicted octanol–water partition coefficient (Wildman–Crippen LogP) is 6.96. The Morgan fingerprint density at radius 1 is 0.706 bits per heavy atom. The molecule has 0 spiro atoms. The summed E-state index contributed by atoms with van der Waals surface area (Å²) in [6.07, 6.45) is 0. The molecular formula is C30H30ClNO2. The second-order valence-corrected chi connectivity index (χ2v) is 8.22. The number of ketones is 1. The van der Waals surface area contributed by atoms with E-state index in [2.05, 4.69) is 29.2 Å². The number of Topliss-reactive ketones (excluding diaryl/α,β-unsaturated/α-hetero) is 1. The zero-order valence-corrected chi connectivity index (χ0v) is 20.2. The van der Waals surface area contributed by atoms with Gasteiger partial charge in [-0.2, -0.15) is 0 Å². The van der Waals surface area contributed by atoms with Crippen molar-refractivity contribution in [2.24, 2.45) is 0 Å². The first-order chi connectivity index (χ1) is 16.2. The molecule has 0 aliphatic heterocycles. The van der Waals surface area contributed by atoms with Crippen LogP contribution in [0.2, 0.25) is 0 Å². The number of hydrogen-bond acceptors (Lipinski definition) is 3. The topological polar surface area (TPSA) is 29.5 Å². The second kappa shape index (κ2) is 12.7. The highest BCUT2D eigenvalue weighted by Crippen LogP contribution is 2.20. The lowest BCUT2D eigenvalue weighted by Crippen LogP contribution is -2.38. The van der Waals surface area contributed by atoms with Crippen LogP contribution in [-0.4, -0.2) is 16.7 Å². The molecule has 0 aromatic heterocycles. The minimum absolute atomic E-state index is 0. The molecule has 4 aromatic carbocycles. The highest BCUT2D eigenvalue weighted by molar-refractivity contribution is 6.00. The zero-order valence-electron chi connectivity index (χ0n) is 19.3. The fourth-order valence-electron chi connectivity index (χ4n) is 3.85.